The van der Waals surface area contributed by atoms with Gasteiger partial charge in [0.15, 0.2) is 0 Å². The Kier molecular flexibility index (Phi) is 3.66. The fourth-order valence-electron chi connectivity index (χ4n) is 2.92. The molecule has 1 saturated carbocycles. The maximum Gasteiger partial charge on any atom is 0.228 e. The van der Waals surface area contributed by atoms with Crippen LogP contribution in [0.2, 0.25) is 0 Å². The molecule has 1 N–H and O–H groups in total. The molecule has 19 heavy (non-hydrogen) atoms. The van der Waals surface area contributed by atoms with Gasteiger partial charge in [-0.2, -0.15) is 0 Å². The van der Waals surface area contributed by atoms with Gasteiger partial charge in [0.1, 0.15) is 0 Å². The van der Waals surface area contributed by atoms with Crippen molar-refractivity contribution in [2.45, 2.75) is 58.8 Å². The number of carbonyl (C=O) groups is 1. The third-order valence-electron chi connectivity index (χ3n) is 4.08. The van der Waals surface area contributed by atoms with E-state index in [1.807, 2.05) is 11.3 Å². The molecule has 2 aliphatic carbocycles. The van der Waals surface area contributed by atoms with Crippen LogP contribution in [0.25, 0.3) is 0 Å². The first kappa shape index (κ1) is 13.2. The van der Waals surface area contributed by atoms with Crippen LogP contribution in [0, 0.1) is 11.8 Å². The Bertz CT molecular complexity index is 485. The second-order valence-corrected chi connectivity index (χ2v) is 7.49. The van der Waals surface area contributed by atoms with Crippen molar-refractivity contribution >= 4 is 22.2 Å². The number of amides is 1. The van der Waals surface area contributed by atoms with Gasteiger partial charge in [-0.3, -0.25) is 4.79 Å². The summed E-state index contributed by atoms with van der Waals surface area (Å²) < 4.78 is 0. The minimum absolute atomic E-state index is 0.253. The number of thiophene rings is 1. The van der Waals surface area contributed by atoms with Crippen molar-refractivity contribution in [1.29, 1.82) is 0 Å². The first-order chi connectivity index (χ1) is 9.15. The molecule has 104 valence electrons. The molecule has 0 radical (unpaired) electrons. The first-order valence-electron chi connectivity index (χ1n) is 7.59. The van der Waals surface area contributed by atoms with Crippen molar-refractivity contribution in [2.75, 3.05) is 5.32 Å². The third kappa shape index (κ3) is 2.86. The van der Waals surface area contributed by atoms with Crippen LogP contribution in [-0.2, 0) is 24.1 Å². The number of carbonyl (C=O) groups excluding carboxylic acids is 1. The molecule has 0 atom stereocenters. The lowest BCUT2D eigenvalue weighted by molar-refractivity contribution is -0.117. The highest BCUT2D eigenvalue weighted by Gasteiger charge is 2.31. The largest absolute Gasteiger partial charge is 0.317 e. The Balaban J connectivity index is 1.87. The molecular weight excluding hydrogens is 254 g/mol. The van der Waals surface area contributed by atoms with Crippen LogP contribution in [0.4, 0.5) is 5.00 Å². The molecule has 0 spiro atoms. The van der Waals surface area contributed by atoms with Gasteiger partial charge in [-0.25, -0.2) is 0 Å². The standard InChI is InChI=1S/C16H23NOS/c1-10(2)9-13-12-5-3-4-6-14(12)19-16(13)17-15(18)11-7-8-11/h10-11H,3-9H2,1-2H3,(H,17,18). The third-order valence-corrected chi connectivity index (χ3v) is 5.33. The predicted molar refractivity (Wildman–Crippen MR) is 80.9 cm³/mol. The lowest BCUT2D eigenvalue weighted by atomic mass is 9.92. The molecule has 3 rings (SSSR count). The molecule has 0 aromatic carbocycles. The molecule has 1 aromatic rings. The number of hydrogen-bond acceptors (Lipinski definition) is 2. The van der Waals surface area contributed by atoms with Crippen molar-refractivity contribution in [3.63, 3.8) is 0 Å². The number of fused-ring (bicyclic) bond motifs is 1. The average molecular weight is 277 g/mol. The second-order valence-electron chi connectivity index (χ2n) is 6.38. The summed E-state index contributed by atoms with van der Waals surface area (Å²) in [6.45, 7) is 4.53. The van der Waals surface area contributed by atoms with Crippen LogP contribution >= 0.6 is 11.3 Å². The van der Waals surface area contributed by atoms with E-state index in [2.05, 4.69) is 19.2 Å². The van der Waals surface area contributed by atoms with Crippen molar-refractivity contribution < 1.29 is 4.79 Å². The summed E-state index contributed by atoms with van der Waals surface area (Å²) in [6, 6.07) is 0. The van der Waals surface area contributed by atoms with Crippen molar-refractivity contribution in [2.24, 2.45) is 11.8 Å². The highest BCUT2D eigenvalue weighted by atomic mass is 32.1. The average Bonchev–Trinajstić information content (AvgIpc) is 3.16. The molecule has 1 amide bonds. The molecule has 1 heterocycles. The molecular formula is C16H23NOS. The zero-order valence-corrected chi connectivity index (χ0v) is 12.7. The Morgan fingerprint density at radius 2 is 2.05 bits per heavy atom. The SMILES string of the molecule is CC(C)Cc1c(NC(=O)C2CC2)sc2c1CCCC2. The first-order valence-corrected chi connectivity index (χ1v) is 8.41. The van der Waals surface area contributed by atoms with Gasteiger partial charge in [0.2, 0.25) is 5.91 Å². The highest BCUT2D eigenvalue weighted by Crippen LogP contribution is 2.40. The van der Waals surface area contributed by atoms with Crippen molar-refractivity contribution in [3.05, 3.63) is 16.0 Å². The van der Waals surface area contributed by atoms with Crippen molar-refractivity contribution in [1.82, 2.24) is 0 Å². The van der Waals surface area contributed by atoms with Crippen LogP contribution in [-0.4, -0.2) is 5.91 Å². The maximum absolute atomic E-state index is 12.0. The monoisotopic (exact) mass is 277 g/mol. The highest BCUT2D eigenvalue weighted by molar-refractivity contribution is 7.16. The van der Waals surface area contributed by atoms with E-state index in [9.17, 15) is 4.79 Å². The maximum atomic E-state index is 12.0. The van der Waals surface area contributed by atoms with Gasteiger partial charge in [0.25, 0.3) is 0 Å². The van der Waals surface area contributed by atoms with E-state index in [1.165, 1.54) is 36.1 Å². The molecule has 0 unspecified atom stereocenters. The minimum atomic E-state index is 0.253. The summed E-state index contributed by atoms with van der Waals surface area (Å²) in [5, 5.41) is 4.38. The van der Waals surface area contributed by atoms with Gasteiger partial charge in [0.05, 0.1) is 5.00 Å². The minimum Gasteiger partial charge on any atom is -0.317 e. The Morgan fingerprint density at radius 3 is 2.74 bits per heavy atom. The van der Waals surface area contributed by atoms with Gasteiger partial charge < -0.3 is 5.32 Å². The molecule has 1 aromatic heterocycles. The summed E-state index contributed by atoms with van der Waals surface area (Å²) >= 11 is 1.85. The number of aryl methyl sites for hydroxylation is 1. The van der Waals surface area contributed by atoms with Crippen LogP contribution in [0.5, 0.6) is 0 Å². The molecule has 1 fully saturated rings. The normalized spacial score (nSPS) is 18.5. The Labute approximate surface area is 119 Å². The topological polar surface area (TPSA) is 29.1 Å². The van der Waals surface area contributed by atoms with Gasteiger partial charge >= 0.3 is 0 Å². The summed E-state index contributed by atoms with van der Waals surface area (Å²) in [5.74, 6) is 1.20. The summed E-state index contributed by atoms with van der Waals surface area (Å²) in [4.78, 5) is 13.6. The summed E-state index contributed by atoms with van der Waals surface area (Å²) in [7, 11) is 0. The zero-order chi connectivity index (χ0) is 13.4. The number of hydrogen-bond donors (Lipinski definition) is 1. The van der Waals surface area contributed by atoms with E-state index in [0.29, 0.717) is 11.8 Å². The van der Waals surface area contributed by atoms with Gasteiger partial charge in [-0.15, -0.1) is 11.3 Å². The molecule has 2 aliphatic rings. The van der Waals surface area contributed by atoms with Crippen LogP contribution in [0.3, 0.4) is 0 Å². The van der Waals surface area contributed by atoms with Crippen LogP contribution in [0.15, 0.2) is 0 Å². The lowest BCUT2D eigenvalue weighted by Crippen LogP contribution is -2.14. The van der Waals surface area contributed by atoms with E-state index >= 15 is 0 Å². The number of anilines is 1. The van der Waals surface area contributed by atoms with Gasteiger partial charge in [-0.1, -0.05) is 13.8 Å². The van der Waals surface area contributed by atoms with Gasteiger partial charge in [-0.05, 0) is 62.0 Å². The fraction of sp³-hybridized carbons (Fsp3) is 0.688. The molecule has 3 heteroatoms. The fourth-order valence-corrected chi connectivity index (χ4v) is 4.24. The van der Waals surface area contributed by atoms with E-state index in [-0.39, 0.29) is 5.91 Å². The van der Waals surface area contributed by atoms with E-state index in [0.717, 1.165) is 24.3 Å². The van der Waals surface area contributed by atoms with Crippen LogP contribution in [0.1, 0.15) is 55.5 Å². The van der Waals surface area contributed by atoms with E-state index in [1.54, 1.807) is 5.56 Å². The Morgan fingerprint density at radius 1 is 1.32 bits per heavy atom. The predicted octanol–water partition coefficient (Wildman–Crippen LogP) is 4.17. The van der Waals surface area contributed by atoms with E-state index in [4.69, 9.17) is 0 Å². The Hall–Kier alpha value is -0.830. The van der Waals surface area contributed by atoms with Gasteiger partial charge in [0, 0.05) is 10.8 Å². The number of rotatable bonds is 4. The van der Waals surface area contributed by atoms with Crippen molar-refractivity contribution in [3.8, 4) is 0 Å². The zero-order valence-electron chi connectivity index (χ0n) is 11.9. The lowest BCUT2D eigenvalue weighted by Gasteiger charge is -2.14. The molecule has 2 nitrogen and oxygen atoms in total. The molecule has 0 saturated heterocycles. The van der Waals surface area contributed by atoms with Crippen LogP contribution < -0.4 is 5.32 Å². The second kappa shape index (κ2) is 5.28. The quantitative estimate of drug-likeness (QED) is 0.879. The van der Waals surface area contributed by atoms with E-state index < -0.39 is 0 Å². The molecule has 0 bridgehead atoms. The molecule has 0 aliphatic heterocycles. The number of nitrogens with one attached hydrogen (secondary N) is 1. The summed E-state index contributed by atoms with van der Waals surface area (Å²) in [6.07, 6.45) is 8.31. The smallest absolute Gasteiger partial charge is 0.228 e. The summed E-state index contributed by atoms with van der Waals surface area (Å²) in [5.41, 5.74) is 3.01.